The summed E-state index contributed by atoms with van der Waals surface area (Å²) in [6.45, 7) is 4.22. The van der Waals surface area contributed by atoms with Gasteiger partial charge in [0.05, 0.1) is 23.8 Å². The van der Waals surface area contributed by atoms with E-state index in [1.807, 2.05) is 29.1 Å². The average Bonchev–Trinajstić information content (AvgIpc) is 3.20. The number of rotatable bonds is 7. The van der Waals surface area contributed by atoms with Crippen molar-refractivity contribution in [1.29, 1.82) is 0 Å². The van der Waals surface area contributed by atoms with Crippen molar-refractivity contribution in [3.63, 3.8) is 0 Å². The van der Waals surface area contributed by atoms with Gasteiger partial charge < -0.3 is 10.1 Å². The first-order valence-electron chi connectivity index (χ1n) is 7.17. The van der Waals surface area contributed by atoms with Gasteiger partial charge >= 0.3 is 0 Å². The Balaban J connectivity index is 1.54. The van der Waals surface area contributed by atoms with Gasteiger partial charge in [-0.2, -0.15) is 5.10 Å². The third-order valence-corrected chi connectivity index (χ3v) is 3.33. The first kappa shape index (κ1) is 13.1. The Kier molecular flexibility index (Phi) is 3.97. The molecule has 1 fully saturated rings. The van der Waals surface area contributed by atoms with Crippen LogP contribution >= 0.6 is 0 Å². The third kappa shape index (κ3) is 3.57. The maximum atomic E-state index is 5.70. The van der Waals surface area contributed by atoms with Crippen LogP contribution in [0.4, 0.5) is 0 Å². The van der Waals surface area contributed by atoms with Gasteiger partial charge in [-0.15, -0.1) is 0 Å². The Morgan fingerprint density at radius 1 is 1.35 bits per heavy atom. The monoisotopic (exact) mass is 272 g/mol. The Morgan fingerprint density at radius 2 is 2.20 bits per heavy atom. The maximum absolute atomic E-state index is 5.70. The van der Waals surface area contributed by atoms with Crippen molar-refractivity contribution in [2.45, 2.75) is 45.5 Å². The van der Waals surface area contributed by atoms with E-state index in [4.69, 9.17) is 4.74 Å². The fourth-order valence-electron chi connectivity index (χ4n) is 1.99. The highest BCUT2D eigenvalue weighted by Gasteiger charge is 2.20. The highest BCUT2D eigenvalue weighted by molar-refractivity contribution is 5.14. The van der Waals surface area contributed by atoms with Gasteiger partial charge in [0.2, 0.25) is 0 Å². The molecule has 0 amide bonds. The summed E-state index contributed by atoms with van der Waals surface area (Å²) in [5.74, 6) is 0.787. The van der Waals surface area contributed by atoms with Gasteiger partial charge in [0, 0.05) is 19.1 Å². The van der Waals surface area contributed by atoms with E-state index in [-0.39, 0.29) is 0 Å². The fraction of sp³-hybridized carbons (Fsp3) is 0.467. The molecule has 1 N–H and O–H groups in total. The maximum Gasteiger partial charge on any atom is 0.157 e. The second kappa shape index (κ2) is 6.05. The summed E-state index contributed by atoms with van der Waals surface area (Å²) in [7, 11) is 0. The minimum atomic E-state index is 0.479. The van der Waals surface area contributed by atoms with Crippen LogP contribution in [0.2, 0.25) is 0 Å². The SMILES string of the molecule is CCn1cc(OCc2cccc(CNC3CC3)n2)cn1. The van der Waals surface area contributed by atoms with E-state index in [2.05, 4.69) is 22.3 Å². The molecule has 0 unspecified atom stereocenters. The predicted octanol–water partition coefficient (Wildman–Crippen LogP) is 2.13. The molecular formula is C15H20N4O. The summed E-state index contributed by atoms with van der Waals surface area (Å²) in [4.78, 5) is 4.60. The molecule has 0 aliphatic heterocycles. The van der Waals surface area contributed by atoms with Crippen LogP contribution in [0.1, 0.15) is 31.2 Å². The first-order chi connectivity index (χ1) is 9.83. The molecule has 5 heteroatoms. The van der Waals surface area contributed by atoms with Crippen molar-refractivity contribution in [3.05, 3.63) is 42.0 Å². The molecule has 2 aromatic heterocycles. The van der Waals surface area contributed by atoms with E-state index >= 15 is 0 Å². The van der Waals surface area contributed by atoms with Crippen molar-refractivity contribution >= 4 is 0 Å². The number of hydrogen-bond acceptors (Lipinski definition) is 4. The zero-order chi connectivity index (χ0) is 13.8. The predicted molar refractivity (Wildman–Crippen MR) is 76.3 cm³/mol. The summed E-state index contributed by atoms with van der Waals surface area (Å²) in [6.07, 6.45) is 6.23. The van der Waals surface area contributed by atoms with E-state index in [9.17, 15) is 0 Å². The lowest BCUT2D eigenvalue weighted by Crippen LogP contribution is -2.16. The fourth-order valence-corrected chi connectivity index (χ4v) is 1.99. The number of nitrogens with one attached hydrogen (secondary N) is 1. The highest BCUT2D eigenvalue weighted by atomic mass is 16.5. The highest BCUT2D eigenvalue weighted by Crippen LogP contribution is 2.19. The zero-order valence-corrected chi connectivity index (χ0v) is 11.7. The Bertz CT molecular complexity index is 563. The molecule has 1 aliphatic carbocycles. The Hall–Kier alpha value is -1.88. The van der Waals surface area contributed by atoms with E-state index in [1.165, 1.54) is 12.8 Å². The van der Waals surface area contributed by atoms with Crippen molar-refractivity contribution in [1.82, 2.24) is 20.1 Å². The van der Waals surface area contributed by atoms with Crippen LogP contribution in [-0.4, -0.2) is 20.8 Å². The lowest BCUT2D eigenvalue weighted by molar-refractivity contribution is 0.300. The van der Waals surface area contributed by atoms with Crippen LogP contribution in [-0.2, 0) is 19.7 Å². The molecule has 0 bridgehead atoms. The van der Waals surface area contributed by atoms with Gasteiger partial charge in [0.25, 0.3) is 0 Å². The van der Waals surface area contributed by atoms with Crippen LogP contribution in [0.3, 0.4) is 0 Å². The molecule has 3 rings (SSSR count). The van der Waals surface area contributed by atoms with Crippen LogP contribution < -0.4 is 10.1 Å². The van der Waals surface area contributed by atoms with Crippen LogP contribution in [0.5, 0.6) is 5.75 Å². The molecule has 0 saturated heterocycles. The molecule has 0 atom stereocenters. The summed E-state index contributed by atoms with van der Waals surface area (Å²) >= 11 is 0. The van der Waals surface area contributed by atoms with Gasteiger partial charge in [0.15, 0.2) is 5.75 Å². The summed E-state index contributed by atoms with van der Waals surface area (Å²) in [6, 6.07) is 6.78. The van der Waals surface area contributed by atoms with Crippen molar-refractivity contribution < 1.29 is 4.74 Å². The van der Waals surface area contributed by atoms with Gasteiger partial charge in [-0.3, -0.25) is 9.67 Å². The zero-order valence-electron chi connectivity index (χ0n) is 11.7. The summed E-state index contributed by atoms with van der Waals surface area (Å²) in [5.41, 5.74) is 2.02. The van der Waals surface area contributed by atoms with Crippen LogP contribution in [0, 0.1) is 0 Å². The topological polar surface area (TPSA) is 52.0 Å². The van der Waals surface area contributed by atoms with Crippen LogP contribution in [0.15, 0.2) is 30.6 Å². The number of ether oxygens (including phenoxy) is 1. The van der Waals surface area contributed by atoms with Gasteiger partial charge in [-0.1, -0.05) is 6.07 Å². The van der Waals surface area contributed by atoms with E-state index in [0.29, 0.717) is 12.6 Å². The molecule has 0 radical (unpaired) electrons. The minimum absolute atomic E-state index is 0.479. The average molecular weight is 272 g/mol. The lowest BCUT2D eigenvalue weighted by atomic mass is 10.3. The second-order valence-electron chi connectivity index (χ2n) is 5.10. The van der Waals surface area contributed by atoms with Crippen LogP contribution in [0.25, 0.3) is 0 Å². The first-order valence-corrected chi connectivity index (χ1v) is 7.17. The number of pyridine rings is 1. The largest absolute Gasteiger partial charge is 0.484 e. The number of aromatic nitrogens is 3. The van der Waals surface area contributed by atoms with Gasteiger partial charge in [-0.05, 0) is 31.9 Å². The van der Waals surface area contributed by atoms with E-state index in [0.717, 1.165) is 30.2 Å². The van der Waals surface area contributed by atoms with Crippen molar-refractivity contribution in [2.24, 2.45) is 0 Å². The summed E-state index contributed by atoms with van der Waals surface area (Å²) in [5, 5.41) is 7.65. The van der Waals surface area contributed by atoms with Crippen molar-refractivity contribution in [3.8, 4) is 5.75 Å². The standard InChI is InChI=1S/C15H20N4O/c1-2-19-10-15(9-17-19)20-11-14-5-3-4-13(18-14)8-16-12-6-7-12/h3-5,9-10,12,16H,2,6-8,11H2,1H3. The molecule has 1 saturated carbocycles. The molecule has 0 aromatic carbocycles. The summed E-state index contributed by atoms with van der Waals surface area (Å²) < 4.78 is 7.55. The lowest BCUT2D eigenvalue weighted by Gasteiger charge is -2.06. The molecule has 5 nitrogen and oxygen atoms in total. The van der Waals surface area contributed by atoms with E-state index < -0.39 is 0 Å². The molecule has 106 valence electrons. The smallest absolute Gasteiger partial charge is 0.157 e. The quantitative estimate of drug-likeness (QED) is 0.839. The molecule has 2 heterocycles. The molecule has 0 spiro atoms. The molecular weight excluding hydrogens is 252 g/mol. The number of hydrogen-bond donors (Lipinski definition) is 1. The Morgan fingerprint density at radius 3 is 2.95 bits per heavy atom. The van der Waals surface area contributed by atoms with Gasteiger partial charge in [0.1, 0.15) is 6.61 Å². The number of nitrogens with zero attached hydrogens (tertiary/aromatic N) is 3. The minimum Gasteiger partial charge on any atom is -0.484 e. The normalized spacial score (nSPS) is 14.4. The third-order valence-electron chi connectivity index (χ3n) is 3.33. The molecule has 1 aliphatic rings. The Labute approximate surface area is 119 Å². The number of aryl methyl sites for hydroxylation is 1. The van der Waals surface area contributed by atoms with Gasteiger partial charge in [-0.25, -0.2) is 0 Å². The molecule has 2 aromatic rings. The van der Waals surface area contributed by atoms with E-state index in [1.54, 1.807) is 6.20 Å². The molecule has 20 heavy (non-hydrogen) atoms. The second-order valence-corrected chi connectivity index (χ2v) is 5.10. The van der Waals surface area contributed by atoms with Crippen molar-refractivity contribution in [2.75, 3.05) is 0 Å².